The molecule has 1 heterocycles. The van der Waals surface area contributed by atoms with Crippen molar-refractivity contribution in [3.63, 3.8) is 0 Å². The van der Waals surface area contributed by atoms with Gasteiger partial charge in [0, 0.05) is 7.05 Å². The Morgan fingerprint density at radius 2 is 1.88 bits per heavy atom. The highest BCUT2D eigenvalue weighted by Crippen LogP contribution is 2.21. The summed E-state index contributed by atoms with van der Waals surface area (Å²) in [7, 11) is -2.16. The molecule has 0 N–H and O–H groups in total. The highest BCUT2D eigenvalue weighted by Gasteiger charge is 2.25. The van der Waals surface area contributed by atoms with Crippen LogP contribution in [0.1, 0.15) is 10.5 Å². The van der Waals surface area contributed by atoms with Crippen LogP contribution in [0.25, 0.3) is 0 Å². The minimum Gasteiger partial charge on any atom is -0.324 e. The van der Waals surface area contributed by atoms with Crippen molar-refractivity contribution in [2.45, 2.75) is 9.92 Å². The van der Waals surface area contributed by atoms with Crippen molar-refractivity contribution in [3.05, 3.63) is 42.4 Å². The molecule has 0 radical (unpaired) electrons. The molecule has 88 valence electrons. The van der Waals surface area contributed by atoms with Gasteiger partial charge in [-0.3, -0.25) is 4.79 Å². The van der Waals surface area contributed by atoms with E-state index in [4.69, 9.17) is 0 Å². The molecule has 2 rings (SSSR count). The maximum Gasteiger partial charge on any atom is 0.224 e. The number of hydrogen-bond donors (Lipinski definition) is 0. The van der Waals surface area contributed by atoms with E-state index in [0.717, 1.165) is 0 Å². The molecule has 2 aromatic rings. The standard InChI is InChI=1S/C11H10N2O3S/c1-13-8-12-10(7-14)11(13)17(15,16)9-5-3-2-4-6-9/h2-8H,1H3. The van der Waals surface area contributed by atoms with Crippen LogP contribution in [-0.2, 0) is 16.9 Å². The summed E-state index contributed by atoms with van der Waals surface area (Å²) in [5, 5.41) is -0.0845. The largest absolute Gasteiger partial charge is 0.324 e. The van der Waals surface area contributed by atoms with Gasteiger partial charge in [0.2, 0.25) is 9.84 Å². The molecule has 5 nitrogen and oxygen atoms in total. The first-order valence-corrected chi connectivity index (χ1v) is 6.32. The van der Waals surface area contributed by atoms with Gasteiger partial charge in [-0.1, -0.05) is 18.2 Å². The number of carbonyl (C=O) groups excluding carboxylic acids is 1. The summed E-state index contributed by atoms with van der Waals surface area (Å²) in [5.41, 5.74) is -0.0728. The number of hydrogen-bond acceptors (Lipinski definition) is 4. The van der Waals surface area contributed by atoms with Gasteiger partial charge in [0.1, 0.15) is 5.69 Å². The monoisotopic (exact) mass is 250 g/mol. The normalized spacial score (nSPS) is 11.4. The fourth-order valence-corrected chi connectivity index (χ4v) is 3.10. The van der Waals surface area contributed by atoms with Crippen LogP contribution in [0.2, 0.25) is 0 Å². The van der Waals surface area contributed by atoms with Gasteiger partial charge < -0.3 is 4.57 Å². The number of rotatable bonds is 3. The first-order chi connectivity index (χ1) is 8.07. The number of aldehydes is 1. The lowest BCUT2D eigenvalue weighted by Crippen LogP contribution is -2.09. The quantitative estimate of drug-likeness (QED) is 0.764. The van der Waals surface area contributed by atoms with Crippen molar-refractivity contribution in [1.82, 2.24) is 9.55 Å². The fraction of sp³-hybridized carbons (Fsp3) is 0.0909. The van der Waals surface area contributed by atoms with E-state index in [0.29, 0.717) is 6.29 Å². The number of aromatic nitrogens is 2. The molecular formula is C11H10N2O3S. The van der Waals surface area contributed by atoms with Crippen molar-refractivity contribution in [3.8, 4) is 0 Å². The van der Waals surface area contributed by atoms with Gasteiger partial charge in [-0.15, -0.1) is 0 Å². The number of aryl methyl sites for hydroxylation is 1. The van der Waals surface area contributed by atoms with Crippen LogP contribution in [-0.4, -0.2) is 24.3 Å². The van der Waals surface area contributed by atoms with E-state index >= 15 is 0 Å². The highest BCUT2D eigenvalue weighted by atomic mass is 32.2. The SMILES string of the molecule is Cn1cnc(C=O)c1S(=O)(=O)c1ccccc1. The Balaban J connectivity index is 2.68. The number of carbonyl (C=O) groups is 1. The van der Waals surface area contributed by atoms with E-state index in [1.54, 1.807) is 18.2 Å². The second-order valence-corrected chi connectivity index (χ2v) is 5.35. The highest BCUT2D eigenvalue weighted by molar-refractivity contribution is 7.91. The van der Waals surface area contributed by atoms with Gasteiger partial charge in [0.05, 0.1) is 11.2 Å². The average Bonchev–Trinajstić information content (AvgIpc) is 2.72. The minimum absolute atomic E-state index is 0.0728. The molecule has 17 heavy (non-hydrogen) atoms. The molecule has 0 atom stereocenters. The van der Waals surface area contributed by atoms with Crippen LogP contribution in [0.15, 0.2) is 46.6 Å². The Labute approximate surface area is 98.6 Å². The van der Waals surface area contributed by atoms with E-state index < -0.39 is 9.84 Å². The average molecular weight is 250 g/mol. The van der Waals surface area contributed by atoms with Gasteiger partial charge >= 0.3 is 0 Å². The molecule has 1 aromatic heterocycles. The zero-order valence-electron chi connectivity index (χ0n) is 9.07. The summed E-state index contributed by atoms with van der Waals surface area (Å²) in [5.74, 6) is 0. The lowest BCUT2D eigenvalue weighted by Gasteiger charge is -2.05. The third-order valence-electron chi connectivity index (χ3n) is 2.33. The van der Waals surface area contributed by atoms with Gasteiger partial charge in [-0.05, 0) is 12.1 Å². The maximum atomic E-state index is 12.3. The molecule has 0 saturated heterocycles. The van der Waals surface area contributed by atoms with Crippen molar-refractivity contribution in [2.24, 2.45) is 7.05 Å². The maximum absolute atomic E-state index is 12.3. The second-order valence-electron chi connectivity index (χ2n) is 3.48. The molecule has 0 saturated carbocycles. The summed E-state index contributed by atoms with van der Waals surface area (Å²) in [6, 6.07) is 7.95. The minimum atomic E-state index is -3.70. The van der Waals surface area contributed by atoms with E-state index in [1.165, 1.54) is 30.1 Å². The fourth-order valence-electron chi connectivity index (χ4n) is 1.56. The lowest BCUT2D eigenvalue weighted by atomic mass is 10.4. The van der Waals surface area contributed by atoms with Gasteiger partial charge in [-0.25, -0.2) is 13.4 Å². The molecule has 0 bridgehead atoms. The Morgan fingerprint density at radius 3 is 2.47 bits per heavy atom. The van der Waals surface area contributed by atoms with Crippen molar-refractivity contribution >= 4 is 16.1 Å². The zero-order valence-corrected chi connectivity index (χ0v) is 9.89. The molecule has 0 aliphatic rings. The van der Waals surface area contributed by atoms with E-state index in [1.807, 2.05) is 0 Å². The number of sulfone groups is 1. The smallest absolute Gasteiger partial charge is 0.224 e. The summed E-state index contributed by atoms with van der Waals surface area (Å²) >= 11 is 0. The first-order valence-electron chi connectivity index (χ1n) is 4.84. The van der Waals surface area contributed by atoms with Crippen LogP contribution >= 0.6 is 0 Å². The van der Waals surface area contributed by atoms with Gasteiger partial charge in [0.25, 0.3) is 0 Å². The summed E-state index contributed by atoms with van der Waals surface area (Å²) in [6.45, 7) is 0. The van der Waals surface area contributed by atoms with Crippen molar-refractivity contribution in [2.75, 3.05) is 0 Å². The molecule has 0 unspecified atom stereocenters. The van der Waals surface area contributed by atoms with Crippen LogP contribution in [0.4, 0.5) is 0 Å². The van der Waals surface area contributed by atoms with E-state index in [2.05, 4.69) is 4.98 Å². The molecule has 0 spiro atoms. The Kier molecular flexibility index (Phi) is 2.81. The zero-order chi connectivity index (χ0) is 12.5. The van der Waals surface area contributed by atoms with Crippen molar-refractivity contribution < 1.29 is 13.2 Å². The van der Waals surface area contributed by atoms with E-state index in [9.17, 15) is 13.2 Å². The third-order valence-corrected chi connectivity index (χ3v) is 4.23. The number of nitrogens with zero attached hydrogens (tertiary/aromatic N) is 2. The van der Waals surface area contributed by atoms with Crippen LogP contribution < -0.4 is 0 Å². The summed E-state index contributed by atoms with van der Waals surface area (Å²) in [6.07, 6.45) is 1.75. The molecule has 0 fully saturated rings. The molecule has 0 aliphatic carbocycles. The molecule has 0 amide bonds. The third kappa shape index (κ3) is 1.87. The predicted octanol–water partition coefficient (Wildman–Crippen LogP) is 1.07. The lowest BCUT2D eigenvalue weighted by molar-refractivity contribution is 0.111. The van der Waals surface area contributed by atoms with Crippen LogP contribution in [0, 0.1) is 0 Å². The molecule has 6 heteroatoms. The van der Waals surface area contributed by atoms with Crippen LogP contribution in [0.3, 0.4) is 0 Å². The predicted molar refractivity (Wildman–Crippen MR) is 60.5 cm³/mol. The summed E-state index contributed by atoms with van der Waals surface area (Å²) in [4.78, 5) is 14.7. The second kappa shape index (κ2) is 4.14. The van der Waals surface area contributed by atoms with Crippen LogP contribution in [0.5, 0.6) is 0 Å². The van der Waals surface area contributed by atoms with Crippen molar-refractivity contribution in [1.29, 1.82) is 0 Å². The topological polar surface area (TPSA) is 69.0 Å². The first kappa shape index (κ1) is 11.5. The number of imidazole rings is 1. The molecule has 1 aromatic carbocycles. The van der Waals surface area contributed by atoms with Gasteiger partial charge in [0.15, 0.2) is 11.3 Å². The Morgan fingerprint density at radius 1 is 1.24 bits per heavy atom. The Bertz CT molecular complexity index is 645. The summed E-state index contributed by atoms with van der Waals surface area (Å²) < 4.78 is 25.9. The van der Waals surface area contributed by atoms with E-state index in [-0.39, 0.29) is 15.6 Å². The Hall–Kier alpha value is -1.95. The molecule has 0 aliphatic heterocycles. The van der Waals surface area contributed by atoms with Gasteiger partial charge in [-0.2, -0.15) is 0 Å². The number of benzene rings is 1. The molecular weight excluding hydrogens is 240 g/mol.